The van der Waals surface area contributed by atoms with Gasteiger partial charge in [-0.1, -0.05) is 0 Å². The second-order valence-electron chi connectivity index (χ2n) is 3.85. The number of nitrogens with zero attached hydrogens (tertiary/aromatic N) is 2. The van der Waals surface area contributed by atoms with Crippen molar-refractivity contribution in [3.05, 3.63) is 29.7 Å². The van der Waals surface area contributed by atoms with Crippen LogP contribution in [0.4, 0.5) is 0 Å². The van der Waals surface area contributed by atoms with Gasteiger partial charge in [-0.2, -0.15) is 0 Å². The Hall–Kier alpha value is -1.89. The number of aromatic carboxylic acids is 1. The summed E-state index contributed by atoms with van der Waals surface area (Å²) in [6.45, 7) is 0. The lowest BCUT2D eigenvalue weighted by molar-refractivity contribution is 0.0689. The van der Waals surface area contributed by atoms with Crippen molar-refractivity contribution in [2.24, 2.45) is 0 Å². The number of fused-ring (bicyclic) bond motifs is 1. The van der Waals surface area contributed by atoms with E-state index in [0.29, 0.717) is 5.75 Å². The minimum atomic E-state index is -4.35. The summed E-state index contributed by atoms with van der Waals surface area (Å²) >= 11 is 0. The van der Waals surface area contributed by atoms with Gasteiger partial charge in [0, 0.05) is 17.8 Å². The average Bonchev–Trinajstić information content (AvgIpc) is 2.70. The third-order valence-corrected chi connectivity index (χ3v) is 3.22. The molecule has 0 unspecified atom stereocenters. The molecule has 0 atom stereocenters. The van der Waals surface area contributed by atoms with E-state index in [-0.39, 0.29) is 17.0 Å². The summed E-state index contributed by atoms with van der Waals surface area (Å²) < 4.78 is 17.3. The largest absolute Gasteiger partial charge is 0.497 e. The maximum atomic E-state index is 11.1. The van der Waals surface area contributed by atoms with Crippen LogP contribution in [0.1, 0.15) is 16.2 Å². The van der Waals surface area contributed by atoms with E-state index in [4.69, 9.17) is 19.6 Å². The van der Waals surface area contributed by atoms with Crippen LogP contribution in [0.15, 0.2) is 18.3 Å². The fraction of sp³-hybridized carbons (Fsp3) is 0.200. The monoisotopic (exact) mass is 286 g/mol. The minimum absolute atomic E-state index is 0.123. The summed E-state index contributed by atoms with van der Waals surface area (Å²) in [6.07, 6.45) is 0.525. The van der Waals surface area contributed by atoms with Crippen molar-refractivity contribution in [1.82, 2.24) is 9.38 Å². The Balaban J connectivity index is 2.72. The fourth-order valence-corrected chi connectivity index (χ4v) is 2.42. The molecule has 0 bridgehead atoms. The number of rotatable bonds is 4. The van der Waals surface area contributed by atoms with Gasteiger partial charge < -0.3 is 19.6 Å². The quantitative estimate of drug-likeness (QED) is 0.708. The van der Waals surface area contributed by atoms with Gasteiger partial charge in [0.25, 0.3) is 0 Å². The van der Waals surface area contributed by atoms with Gasteiger partial charge in [0.1, 0.15) is 11.4 Å². The van der Waals surface area contributed by atoms with Crippen LogP contribution < -0.4 is 4.74 Å². The van der Waals surface area contributed by atoms with Gasteiger partial charge in [-0.05, 0) is 0 Å². The van der Waals surface area contributed by atoms with Gasteiger partial charge in [0.15, 0.2) is 5.69 Å². The van der Waals surface area contributed by atoms with Crippen LogP contribution in [0, 0.1) is 0 Å². The molecule has 0 amide bonds. The number of hydrogen-bond donors (Lipinski definition) is 3. The van der Waals surface area contributed by atoms with Crippen molar-refractivity contribution in [1.29, 1.82) is 0 Å². The van der Waals surface area contributed by atoms with Crippen molar-refractivity contribution in [3.63, 3.8) is 0 Å². The van der Waals surface area contributed by atoms with E-state index < -0.39 is 19.7 Å². The molecule has 0 aliphatic carbocycles. The molecular formula is C10H11N2O6P. The van der Waals surface area contributed by atoms with E-state index in [1.165, 1.54) is 23.6 Å². The van der Waals surface area contributed by atoms with Gasteiger partial charge in [-0.3, -0.25) is 8.97 Å². The molecule has 0 saturated heterocycles. The third kappa shape index (κ3) is 2.76. The third-order valence-electron chi connectivity index (χ3n) is 2.48. The van der Waals surface area contributed by atoms with Crippen LogP contribution >= 0.6 is 7.60 Å². The van der Waals surface area contributed by atoms with Crippen LogP contribution in [0.2, 0.25) is 0 Å². The zero-order valence-corrected chi connectivity index (χ0v) is 10.7. The molecule has 2 aromatic heterocycles. The lowest BCUT2D eigenvalue weighted by Gasteiger charge is -2.10. The number of methoxy groups -OCH3 is 1. The molecule has 2 heterocycles. The number of pyridine rings is 1. The van der Waals surface area contributed by atoms with E-state index in [0.717, 1.165) is 6.20 Å². The summed E-state index contributed by atoms with van der Waals surface area (Å²) in [7, 11) is -2.95. The normalized spacial score (nSPS) is 11.7. The average molecular weight is 286 g/mol. The van der Waals surface area contributed by atoms with Gasteiger partial charge in [0.05, 0.1) is 19.5 Å². The molecule has 8 nitrogen and oxygen atoms in total. The topological polar surface area (TPSA) is 121 Å². The van der Waals surface area contributed by atoms with Crippen molar-refractivity contribution < 1.29 is 29.0 Å². The Morgan fingerprint density at radius 2 is 2.16 bits per heavy atom. The van der Waals surface area contributed by atoms with E-state index >= 15 is 0 Å². The highest BCUT2D eigenvalue weighted by Gasteiger charge is 2.21. The van der Waals surface area contributed by atoms with Crippen LogP contribution in [-0.4, -0.2) is 37.4 Å². The van der Waals surface area contributed by atoms with E-state index in [1.807, 2.05) is 0 Å². The highest BCUT2D eigenvalue weighted by Crippen LogP contribution is 2.40. The Kier molecular flexibility index (Phi) is 3.32. The zero-order valence-electron chi connectivity index (χ0n) is 9.85. The smallest absolute Gasteiger partial charge is 0.354 e. The molecule has 0 aromatic carbocycles. The minimum Gasteiger partial charge on any atom is -0.497 e. The van der Waals surface area contributed by atoms with Gasteiger partial charge >= 0.3 is 13.6 Å². The number of hydrogen-bond acceptors (Lipinski definition) is 4. The first-order valence-electron chi connectivity index (χ1n) is 5.14. The highest BCUT2D eigenvalue weighted by molar-refractivity contribution is 7.50. The zero-order chi connectivity index (χ0) is 14.2. The summed E-state index contributed by atoms with van der Waals surface area (Å²) in [4.78, 5) is 33.1. The molecule has 0 aliphatic heterocycles. The van der Waals surface area contributed by atoms with Gasteiger partial charge in [0.2, 0.25) is 0 Å². The van der Waals surface area contributed by atoms with E-state index in [1.54, 1.807) is 0 Å². The summed E-state index contributed by atoms with van der Waals surface area (Å²) in [5.41, 5.74) is 0.207. The molecule has 0 saturated carbocycles. The van der Waals surface area contributed by atoms with Crippen LogP contribution in [0.5, 0.6) is 5.75 Å². The molecule has 0 radical (unpaired) electrons. The van der Waals surface area contributed by atoms with E-state index in [2.05, 4.69) is 4.98 Å². The lowest BCUT2D eigenvalue weighted by Crippen LogP contribution is -2.07. The van der Waals surface area contributed by atoms with Crippen LogP contribution in [-0.2, 0) is 10.7 Å². The van der Waals surface area contributed by atoms with E-state index in [9.17, 15) is 9.36 Å². The number of carboxylic acid groups (broad SMARTS) is 1. The first-order chi connectivity index (χ1) is 8.81. The Labute approximate surface area is 107 Å². The number of ether oxygens (including phenoxy) is 1. The lowest BCUT2D eigenvalue weighted by atomic mass is 10.3. The first-order valence-corrected chi connectivity index (χ1v) is 6.94. The Morgan fingerprint density at radius 1 is 1.47 bits per heavy atom. The molecule has 3 N–H and O–H groups in total. The van der Waals surface area contributed by atoms with Crippen molar-refractivity contribution in [2.75, 3.05) is 7.11 Å². The molecular weight excluding hydrogens is 275 g/mol. The van der Waals surface area contributed by atoms with Gasteiger partial charge in [-0.25, -0.2) is 9.78 Å². The Morgan fingerprint density at radius 3 is 2.68 bits per heavy atom. The summed E-state index contributed by atoms with van der Waals surface area (Å²) in [6, 6.07) is 2.86. The van der Waals surface area contributed by atoms with Crippen molar-refractivity contribution in [2.45, 2.75) is 6.16 Å². The number of imidazole rings is 1. The number of carboxylic acids is 1. The second-order valence-corrected chi connectivity index (χ2v) is 5.50. The first kappa shape index (κ1) is 13.5. The molecule has 102 valence electrons. The van der Waals surface area contributed by atoms with Crippen molar-refractivity contribution >= 4 is 19.2 Å². The van der Waals surface area contributed by atoms with Crippen LogP contribution in [0.25, 0.3) is 5.65 Å². The molecule has 2 aromatic rings. The summed E-state index contributed by atoms with van der Waals surface area (Å²) in [5.74, 6) is -0.886. The molecule has 9 heteroatoms. The van der Waals surface area contributed by atoms with Crippen LogP contribution in [0.3, 0.4) is 0 Å². The standard InChI is InChI=1S/C10H11N2O6P/c1-18-7-2-6(5-19(15,16)17)12-8(10(13)14)4-11-9(12)3-7/h2-4H,5H2,1H3,(H,13,14)(H2,15,16,17). The maximum Gasteiger partial charge on any atom is 0.354 e. The fourth-order valence-electron chi connectivity index (χ4n) is 1.76. The predicted octanol–water partition coefficient (Wildman–Crippen LogP) is 0.719. The van der Waals surface area contributed by atoms with Gasteiger partial charge in [-0.15, -0.1) is 0 Å². The molecule has 19 heavy (non-hydrogen) atoms. The predicted molar refractivity (Wildman–Crippen MR) is 64.5 cm³/mol. The number of carbonyl (C=O) groups is 1. The summed E-state index contributed by atoms with van der Waals surface area (Å²) in [5, 5.41) is 9.03. The second kappa shape index (κ2) is 4.65. The maximum absolute atomic E-state index is 11.1. The SMILES string of the molecule is COc1cc(CP(=O)(O)O)n2c(C(=O)O)cnc2c1. The molecule has 2 rings (SSSR count). The Bertz CT molecular complexity index is 689. The molecule has 0 spiro atoms. The van der Waals surface area contributed by atoms with Crippen molar-refractivity contribution in [3.8, 4) is 5.75 Å². The highest BCUT2D eigenvalue weighted by atomic mass is 31.2. The molecule has 0 aliphatic rings. The molecule has 0 fully saturated rings. The number of aromatic nitrogens is 2.